The maximum Gasteiger partial charge on any atom is 0.224 e. The van der Waals surface area contributed by atoms with Crippen LogP contribution < -0.4 is 5.32 Å². The summed E-state index contributed by atoms with van der Waals surface area (Å²) in [5.41, 5.74) is 2.07. The van der Waals surface area contributed by atoms with Gasteiger partial charge in [-0.1, -0.05) is 18.2 Å². The van der Waals surface area contributed by atoms with Gasteiger partial charge in [0.25, 0.3) is 0 Å². The zero-order valence-electron chi connectivity index (χ0n) is 10.8. The summed E-state index contributed by atoms with van der Waals surface area (Å²) in [7, 11) is 0. The zero-order chi connectivity index (χ0) is 13.7. The van der Waals surface area contributed by atoms with E-state index in [9.17, 15) is 9.90 Å². The standard InChI is InChI=1S/C15H16N2O2/c1-11-5-4-7-13(15(11)19)17-14(18)9-8-12-6-2-3-10-16-12/h2-7,10,19H,8-9H2,1H3,(H,17,18). The van der Waals surface area contributed by atoms with Gasteiger partial charge in [0, 0.05) is 18.3 Å². The Bertz CT molecular complexity index is 568. The number of phenolic OH excluding ortho intramolecular Hbond substituents is 1. The van der Waals surface area contributed by atoms with Gasteiger partial charge in [-0.2, -0.15) is 0 Å². The minimum absolute atomic E-state index is 0.119. The van der Waals surface area contributed by atoms with Gasteiger partial charge < -0.3 is 10.4 Å². The lowest BCUT2D eigenvalue weighted by Crippen LogP contribution is -2.12. The van der Waals surface area contributed by atoms with Crippen LogP contribution in [0.5, 0.6) is 5.75 Å². The normalized spacial score (nSPS) is 10.2. The van der Waals surface area contributed by atoms with Gasteiger partial charge in [-0.05, 0) is 37.1 Å². The molecule has 0 aliphatic heterocycles. The van der Waals surface area contributed by atoms with Crippen LogP contribution in [0.3, 0.4) is 0 Å². The molecule has 0 fully saturated rings. The molecule has 0 radical (unpaired) electrons. The number of aromatic hydroxyl groups is 1. The Morgan fingerprint density at radius 1 is 1.26 bits per heavy atom. The first-order chi connectivity index (χ1) is 9.16. The second-order valence-electron chi connectivity index (χ2n) is 4.34. The number of benzene rings is 1. The first kappa shape index (κ1) is 13.1. The maximum absolute atomic E-state index is 11.8. The molecule has 1 heterocycles. The molecule has 2 aromatic rings. The molecule has 1 amide bonds. The summed E-state index contributed by atoms with van der Waals surface area (Å²) >= 11 is 0. The molecule has 2 N–H and O–H groups in total. The predicted molar refractivity (Wildman–Crippen MR) is 74.0 cm³/mol. The summed E-state index contributed by atoms with van der Waals surface area (Å²) in [6.45, 7) is 1.79. The van der Waals surface area contributed by atoms with Gasteiger partial charge in [-0.25, -0.2) is 0 Å². The van der Waals surface area contributed by atoms with Crippen molar-refractivity contribution >= 4 is 11.6 Å². The number of amides is 1. The Morgan fingerprint density at radius 2 is 2.11 bits per heavy atom. The highest BCUT2D eigenvalue weighted by Gasteiger charge is 2.08. The Balaban J connectivity index is 1.93. The summed E-state index contributed by atoms with van der Waals surface area (Å²) in [6, 6.07) is 10.9. The molecule has 0 aliphatic carbocycles. The van der Waals surface area contributed by atoms with E-state index in [0.717, 1.165) is 11.3 Å². The molecule has 4 heteroatoms. The highest BCUT2D eigenvalue weighted by Crippen LogP contribution is 2.26. The number of anilines is 1. The second kappa shape index (κ2) is 6.00. The zero-order valence-corrected chi connectivity index (χ0v) is 10.8. The molecular formula is C15H16N2O2. The number of para-hydroxylation sites is 1. The number of nitrogens with zero attached hydrogens (tertiary/aromatic N) is 1. The van der Waals surface area contributed by atoms with Gasteiger partial charge in [-0.3, -0.25) is 9.78 Å². The van der Waals surface area contributed by atoms with E-state index in [0.29, 0.717) is 18.5 Å². The lowest BCUT2D eigenvalue weighted by molar-refractivity contribution is -0.116. The van der Waals surface area contributed by atoms with Crippen molar-refractivity contribution in [3.05, 3.63) is 53.9 Å². The first-order valence-corrected chi connectivity index (χ1v) is 6.15. The number of carbonyl (C=O) groups is 1. The number of phenols is 1. The minimum Gasteiger partial charge on any atom is -0.505 e. The van der Waals surface area contributed by atoms with Crippen molar-refractivity contribution in [3.63, 3.8) is 0 Å². The monoisotopic (exact) mass is 256 g/mol. The molecular weight excluding hydrogens is 240 g/mol. The molecule has 19 heavy (non-hydrogen) atoms. The number of hydrogen-bond acceptors (Lipinski definition) is 3. The van der Waals surface area contributed by atoms with Gasteiger partial charge >= 0.3 is 0 Å². The molecule has 1 aromatic carbocycles. The number of aromatic nitrogens is 1. The quantitative estimate of drug-likeness (QED) is 0.827. The Labute approximate surface area is 112 Å². The van der Waals surface area contributed by atoms with E-state index < -0.39 is 0 Å². The van der Waals surface area contributed by atoms with Crippen molar-refractivity contribution in [3.8, 4) is 5.75 Å². The van der Waals surface area contributed by atoms with Gasteiger partial charge in [0.1, 0.15) is 5.75 Å². The Morgan fingerprint density at radius 3 is 2.84 bits per heavy atom. The van der Waals surface area contributed by atoms with E-state index in [-0.39, 0.29) is 11.7 Å². The summed E-state index contributed by atoms with van der Waals surface area (Å²) in [5.74, 6) is -0.0137. The highest BCUT2D eigenvalue weighted by atomic mass is 16.3. The minimum atomic E-state index is -0.133. The average molecular weight is 256 g/mol. The number of aryl methyl sites for hydroxylation is 2. The third kappa shape index (κ3) is 3.55. The molecule has 0 saturated carbocycles. The van der Waals surface area contributed by atoms with Crippen molar-refractivity contribution in [1.82, 2.24) is 4.98 Å². The molecule has 98 valence electrons. The molecule has 2 rings (SSSR count). The fourth-order valence-electron chi connectivity index (χ4n) is 1.76. The van der Waals surface area contributed by atoms with E-state index in [2.05, 4.69) is 10.3 Å². The van der Waals surface area contributed by atoms with Crippen molar-refractivity contribution < 1.29 is 9.90 Å². The molecule has 0 spiro atoms. The number of nitrogens with one attached hydrogen (secondary N) is 1. The lowest BCUT2D eigenvalue weighted by atomic mass is 10.1. The predicted octanol–water partition coefficient (Wildman–Crippen LogP) is 2.67. The van der Waals surface area contributed by atoms with Crippen molar-refractivity contribution in [2.75, 3.05) is 5.32 Å². The molecule has 4 nitrogen and oxygen atoms in total. The largest absolute Gasteiger partial charge is 0.505 e. The molecule has 0 saturated heterocycles. The molecule has 0 aliphatic rings. The van der Waals surface area contributed by atoms with Crippen LogP contribution in [0.15, 0.2) is 42.6 Å². The summed E-state index contributed by atoms with van der Waals surface area (Å²) in [4.78, 5) is 16.0. The number of rotatable bonds is 4. The molecule has 1 aromatic heterocycles. The van der Waals surface area contributed by atoms with E-state index in [1.807, 2.05) is 18.2 Å². The van der Waals surface area contributed by atoms with Crippen molar-refractivity contribution in [1.29, 1.82) is 0 Å². The topological polar surface area (TPSA) is 62.2 Å². The first-order valence-electron chi connectivity index (χ1n) is 6.15. The smallest absolute Gasteiger partial charge is 0.224 e. The van der Waals surface area contributed by atoms with E-state index >= 15 is 0 Å². The fourth-order valence-corrected chi connectivity index (χ4v) is 1.76. The SMILES string of the molecule is Cc1cccc(NC(=O)CCc2ccccn2)c1O. The number of pyridine rings is 1. The molecule has 0 atom stereocenters. The highest BCUT2D eigenvalue weighted by molar-refractivity contribution is 5.92. The summed E-state index contributed by atoms with van der Waals surface area (Å²) in [6.07, 6.45) is 2.63. The fraction of sp³-hybridized carbons (Fsp3) is 0.200. The third-order valence-electron chi connectivity index (χ3n) is 2.85. The van der Waals surface area contributed by atoms with Crippen LogP contribution in [-0.4, -0.2) is 16.0 Å². The maximum atomic E-state index is 11.8. The molecule has 0 bridgehead atoms. The van der Waals surface area contributed by atoms with Crippen LogP contribution in [-0.2, 0) is 11.2 Å². The summed E-state index contributed by atoms with van der Waals surface area (Å²) in [5, 5.41) is 12.5. The van der Waals surface area contributed by atoms with E-state index in [1.54, 1.807) is 31.3 Å². The lowest BCUT2D eigenvalue weighted by Gasteiger charge is -2.08. The van der Waals surface area contributed by atoms with Gasteiger partial charge in [0.15, 0.2) is 0 Å². The number of carbonyl (C=O) groups excluding carboxylic acids is 1. The van der Waals surface area contributed by atoms with Crippen LogP contribution in [0.2, 0.25) is 0 Å². The van der Waals surface area contributed by atoms with Gasteiger partial charge in [0.05, 0.1) is 5.69 Å². The van der Waals surface area contributed by atoms with Crippen LogP contribution in [0.1, 0.15) is 17.7 Å². The second-order valence-corrected chi connectivity index (χ2v) is 4.34. The number of hydrogen-bond donors (Lipinski definition) is 2. The third-order valence-corrected chi connectivity index (χ3v) is 2.85. The molecule has 0 unspecified atom stereocenters. The van der Waals surface area contributed by atoms with Crippen molar-refractivity contribution in [2.45, 2.75) is 19.8 Å². The van der Waals surface area contributed by atoms with Crippen LogP contribution in [0.25, 0.3) is 0 Å². The van der Waals surface area contributed by atoms with E-state index in [4.69, 9.17) is 0 Å². The van der Waals surface area contributed by atoms with Crippen molar-refractivity contribution in [2.24, 2.45) is 0 Å². The van der Waals surface area contributed by atoms with Crippen LogP contribution in [0.4, 0.5) is 5.69 Å². The van der Waals surface area contributed by atoms with Gasteiger partial charge in [-0.15, -0.1) is 0 Å². The Hall–Kier alpha value is -2.36. The van der Waals surface area contributed by atoms with Gasteiger partial charge in [0.2, 0.25) is 5.91 Å². The Kier molecular flexibility index (Phi) is 4.13. The van der Waals surface area contributed by atoms with E-state index in [1.165, 1.54) is 0 Å². The average Bonchev–Trinajstić information content (AvgIpc) is 2.43. The van der Waals surface area contributed by atoms with Crippen LogP contribution >= 0.6 is 0 Å². The van der Waals surface area contributed by atoms with Crippen LogP contribution in [0, 0.1) is 6.92 Å². The summed E-state index contributed by atoms with van der Waals surface area (Å²) < 4.78 is 0.